The Hall–Kier alpha value is -2.27. The van der Waals surface area contributed by atoms with Crippen molar-refractivity contribution in [2.24, 2.45) is 0 Å². The zero-order valence-electron chi connectivity index (χ0n) is 11.0. The number of halogens is 1. The molecule has 0 amide bonds. The molecule has 0 spiro atoms. The van der Waals surface area contributed by atoms with Crippen molar-refractivity contribution in [1.82, 2.24) is 4.98 Å². The molecule has 0 saturated carbocycles. The number of carboxylic acids is 1. The summed E-state index contributed by atoms with van der Waals surface area (Å²) in [4.78, 5) is 15.2. The summed E-state index contributed by atoms with van der Waals surface area (Å²) in [5, 5.41) is 12.7. The number of nitrogens with zero attached hydrogens (tertiary/aromatic N) is 1. The molecule has 0 atom stereocenters. The highest BCUT2D eigenvalue weighted by Gasteiger charge is 2.12. The number of aryl methyl sites for hydroxylation is 1. The SMILES string of the molecule is COc1cc(Nc2cc(C)ncc2C(=O)O)ccc1Cl. The molecule has 0 bridgehead atoms. The number of benzene rings is 1. The number of pyridine rings is 1. The fourth-order valence-corrected chi connectivity index (χ4v) is 1.92. The number of aromatic carboxylic acids is 1. The monoisotopic (exact) mass is 292 g/mol. The van der Waals surface area contributed by atoms with Crippen molar-refractivity contribution in [2.75, 3.05) is 12.4 Å². The van der Waals surface area contributed by atoms with Gasteiger partial charge in [-0.1, -0.05) is 11.6 Å². The summed E-state index contributed by atoms with van der Waals surface area (Å²) >= 11 is 5.95. The minimum Gasteiger partial charge on any atom is -0.495 e. The van der Waals surface area contributed by atoms with Gasteiger partial charge in [-0.15, -0.1) is 0 Å². The Bertz CT molecular complexity index is 659. The summed E-state index contributed by atoms with van der Waals surface area (Å²) in [7, 11) is 1.52. The third kappa shape index (κ3) is 3.00. The third-order valence-corrected chi connectivity index (χ3v) is 3.01. The first-order valence-corrected chi connectivity index (χ1v) is 6.19. The maximum Gasteiger partial charge on any atom is 0.339 e. The lowest BCUT2D eigenvalue weighted by atomic mass is 10.2. The molecular weight excluding hydrogens is 280 g/mol. The third-order valence-electron chi connectivity index (χ3n) is 2.70. The van der Waals surface area contributed by atoms with E-state index in [0.29, 0.717) is 22.1 Å². The van der Waals surface area contributed by atoms with Gasteiger partial charge in [-0.2, -0.15) is 0 Å². The van der Waals surface area contributed by atoms with Gasteiger partial charge in [0.1, 0.15) is 11.3 Å². The first-order valence-electron chi connectivity index (χ1n) is 5.81. The van der Waals surface area contributed by atoms with E-state index in [-0.39, 0.29) is 5.56 Å². The van der Waals surface area contributed by atoms with Gasteiger partial charge < -0.3 is 15.2 Å². The summed E-state index contributed by atoms with van der Waals surface area (Å²) in [6.07, 6.45) is 1.33. The van der Waals surface area contributed by atoms with Gasteiger partial charge in [0.2, 0.25) is 0 Å². The van der Waals surface area contributed by atoms with Crippen LogP contribution in [0.15, 0.2) is 30.5 Å². The maximum absolute atomic E-state index is 11.2. The maximum atomic E-state index is 11.2. The molecule has 20 heavy (non-hydrogen) atoms. The number of nitrogens with one attached hydrogen (secondary N) is 1. The lowest BCUT2D eigenvalue weighted by Crippen LogP contribution is -2.04. The Balaban J connectivity index is 2.39. The number of aromatic nitrogens is 1. The first-order chi connectivity index (χ1) is 9.51. The largest absolute Gasteiger partial charge is 0.495 e. The summed E-state index contributed by atoms with van der Waals surface area (Å²) in [6.45, 7) is 1.79. The Morgan fingerprint density at radius 1 is 1.40 bits per heavy atom. The fraction of sp³-hybridized carbons (Fsp3) is 0.143. The molecule has 1 aromatic heterocycles. The van der Waals surface area contributed by atoms with Crippen LogP contribution in [0.2, 0.25) is 5.02 Å². The number of ether oxygens (including phenoxy) is 1. The molecule has 0 aliphatic heterocycles. The molecule has 104 valence electrons. The standard InChI is InChI=1S/C14H13ClN2O3/c1-8-5-12(10(7-16-8)14(18)19)17-9-3-4-11(15)13(6-9)20-2/h3-7H,1-2H3,(H,16,17)(H,18,19). The predicted molar refractivity (Wildman–Crippen MR) is 77.2 cm³/mol. The number of carbonyl (C=O) groups is 1. The molecule has 0 saturated heterocycles. The molecule has 0 fully saturated rings. The number of carboxylic acid groups (broad SMARTS) is 1. The Morgan fingerprint density at radius 3 is 2.80 bits per heavy atom. The van der Waals surface area contributed by atoms with Crippen LogP contribution < -0.4 is 10.1 Å². The van der Waals surface area contributed by atoms with Crippen molar-refractivity contribution >= 4 is 28.9 Å². The van der Waals surface area contributed by atoms with Crippen LogP contribution in [0.1, 0.15) is 16.1 Å². The minimum atomic E-state index is -1.04. The summed E-state index contributed by atoms with van der Waals surface area (Å²) < 4.78 is 5.12. The molecule has 1 aromatic carbocycles. The summed E-state index contributed by atoms with van der Waals surface area (Å²) in [5.74, 6) is -0.528. The fourth-order valence-electron chi connectivity index (χ4n) is 1.73. The van der Waals surface area contributed by atoms with Crippen LogP contribution in [0.5, 0.6) is 5.75 Å². The Kier molecular flexibility index (Phi) is 4.10. The Labute approximate surface area is 121 Å². The van der Waals surface area contributed by atoms with E-state index >= 15 is 0 Å². The van der Waals surface area contributed by atoms with Gasteiger partial charge >= 0.3 is 5.97 Å². The molecule has 6 heteroatoms. The number of methoxy groups -OCH3 is 1. The van der Waals surface area contributed by atoms with Crippen molar-refractivity contribution in [3.63, 3.8) is 0 Å². The van der Waals surface area contributed by atoms with E-state index in [9.17, 15) is 4.79 Å². The van der Waals surface area contributed by atoms with Crippen LogP contribution in [0.3, 0.4) is 0 Å². The van der Waals surface area contributed by atoms with Gasteiger partial charge in [-0.25, -0.2) is 4.79 Å². The lowest BCUT2D eigenvalue weighted by molar-refractivity contribution is 0.0697. The van der Waals surface area contributed by atoms with Crippen LogP contribution in [0.4, 0.5) is 11.4 Å². The smallest absolute Gasteiger partial charge is 0.339 e. The predicted octanol–water partition coefficient (Wildman–Crippen LogP) is 3.49. The average molecular weight is 293 g/mol. The van der Waals surface area contributed by atoms with Gasteiger partial charge in [0.25, 0.3) is 0 Å². The van der Waals surface area contributed by atoms with Gasteiger partial charge in [-0.05, 0) is 25.1 Å². The molecule has 0 aliphatic rings. The zero-order valence-corrected chi connectivity index (χ0v) is 11.7. The van der Waals surface area contributed by atoms with Gasteiger partial charge in [-0.3, -0.25) is 4.98 Å². The van der Waals surface area contributed by atoms with Crippen molar-refractivity contribution in [2.45, 2.75) is 6.92 Å². The van der Waals surface area contributed by atoms with Crippen molar-refractivity contribution < 1.29 is 14.6 Å². The molecule has 0 aliphatic carbocycles. The van der Waals surface area contributed by atoms with Gasteiger partial charge in [0, 0.05) is 23.6 Å². The number of anilines is 2. The molecule has 2 aromatic rings. The molecule has 0 unspecified atom stereocenters. The van der Waals surface area contributed by atoms with Crippen molar-refractivity contribution in [1.29, 1.82) is 0 Å². The Morgan fingerprint density at radius 2 is 2.15 bits per heavy atom. The van der Waals surface area contributed by atoms with Crippen LogP contribution in [0, 0.1) is 6.92 Å². The number of hydrogen-bond donors (Lipinski definition) is 2. The van der Waals surface area contributed by atoms with E-state index in [1.54, 1.807) is 31.2 Å². The molecule has 0 radical (unpaired) electrons. The average Bonchev–Trinajstić information content (AvgIpc) is 2.40. The molecule has 1 heterocycles. The second-order valence-corrected chi connectivity index (χ2v) is 4.56. The van der Waals surface area contributed by atoms with Crippen molar-refractivity contribution in [3.05, 3.63) is 46.7 Å². The number of rotatable bonds is 4. The van der Waals surface area contributed by atoms with Gasteiger partial charge in [0.05, 0.1) is 17.8 Å². The highest BCUT2D eigenvalue weighted by Crippen LogP contribution is 2.30. The minimum absolute atomic E-state index is 0.101. The second-order valence-electron chi connectivity index (χ2n) is 4.15. The van der Waals surface area contributed by atoms with Gasteiger partial charge in [0.15, 0.2) is 0 Å². The highest BCUT2D eigenvalue weighted by molar-refractivity contribution is 6.32. The van der Waals surface area contributed by atoms with E-state index in [2.05, 4.69) is 10.3 Å². The topological polar surface area (TPSA) is 71.5 Å². The lowest BCUT2D eigenvalue weighted by Gasteiger charge is -2.12. The highest BCUT2D eigenvalue weighted by atomic mass is 35.5. The molecule has 2 rings (SSSR count). The second kappa shape index (κ2) is 5.79. The quantitative estimate of drug-likeness (QED) is 0.902. The van der Waals surface area contributed by atoms with Crippen LogP contribution in [-0.2, 0) is 0 Å². The van der Waals surface area contributed by atoms with Crippen LogP contribution in [0.25, 0.3) is 0 Å². The van der Waals surface area contributed by atoms with E-state index in [4.69, 9.17) is 21.4 Å². The zero-order chi connectivity index (χ0) is 14.7. The number of hydrogen-bond acceptors (Lipinski definition) is 4. The van der Waals surface area contributed by atoms with E-state index < -0.39 is 5.97 Å². The molecular formula is C14H13ClN2O3. The van der Waals surface area contributed by atoms with E-state index in [1.165, 1.54) is 13.3 Å². The summed E-state index contributed by atoms with van der Waals surface area (Å²) in [5.41, 5.74) is 1.97. The molecule has 2 N–H and O–H groups in total. The van der Waals surface area contributed by atoms with Crippen LogP contribution >= 0.6 is 11.6 Å². The normalized spacial score (nSPS) is 10.2. The van der Waals surface area contributed by atoms with Crippen molar-refractivity contribution in [3.8, 4) is 5.75 Å². The summed E-state index contributed by atoms with van der Waals surface area (Å²) in [6, 6.07) is 6.79. The first kappa shape index (κ1) is 14.1. The van der Waals surface area contributed by atoms with E-state index in [0.717, 1.165) is 5.69 Å². The van der Waals surface area contributed by atoms with Crippen LogP contribution in [-0.4, -0.2) is 23.2 Å². The van der Waals surface area contributed by atoms with E-state index in [1.807, 2.05) is 0 Å². The molecule has 5 nitrogen and oxygen atoms in total.